The van der Waals surface area contributed by atoms with Crippen LogP contribution in [0.3, 0.4) is 0 Å². The van der Waals surface area contributed by atoms with E-state index in [0.29, 0.717) is 12.7 Å². The number of halogens is 1. The fraction of sp³-hybridized carbons (Fsp3) is 0.586. The first kappa shape index (κ1) is 28.0. The number of ether oxygens (including phenoxy) is 1. The van der Waals surface area contributed by atoms with Crippen molar-refractivity contribution in [2.24, 2.45) is 0 Å². The fourth-order valence-corrected chi connectivity index (χ4v) is 8.12. The van der Waals surface area contributed by atoms with E-state index < -0.39 is 8.32 Å². The molecule has 1 atom stereocenters. The first-order chi connectivity index (χ1) is 18.1. The number of hydrogen-bond acceptors (Lipinski definition) is 7. The normalized spacial score (nSPS) is 19.9. The second-order valence-corrected chi connectivity index (χ2v) is 18.8. The molecule has 2 aliphatic heterocycles. The number of hydrogen-bond donors (Lipinski definition) is 0. The van der Waals surface area contributed by atoms with Gasteiger partial charge in [-0.15, -0.1) is 0 Å². The van der Waals surface area contributed by atoms with Crippen LogP contribution in [0, 0.1) is 0 Å². The van der Waals surface area contributed by atoms with Gasteiger partial charge in [-0.2, -0.15) is 4.98 Å². The molecule has 2 aromatic heterocycles. The molecule has 9 heteroatoms. The van der Waals surface area contributed by atoms with Gasteiger partial charge in [-0.3, -0.25) is 0 Å². The van der Waals surface area contributed by atoms with E-state index in [1.807, 2.05) is 6.07 Å². The minimum absolute atomic E-state index is 0.223. The van der Waals surface area contributed by atoms with E-state index in [1.54, 1.807) is 11.3 Å². The van der Waals surface area contributed by atoms with Gasteiger partial charge in [0.25, 0.3) is 0 Å². The average Bonchev–Trinajstić information content (AvgIpc) is 3.30. The van der Waals surface area contributed by atoms with Crippen LogP contribution >= 0.6 is 27.3 Å². The Kier molecular flexibility index (Phi) is 8.50. The van der Waals surface area contributed by atoms with Crippen LogP contribution in [0.15, 0.2) is 40.9 Å². The quantitative estimate of drug-likeness (QED) is 0.254. The van der Waals surface area contributed by atoms with Crippen molar-refractivity contribution in [3.63, 3.8) is 0 Å². The summed E-state index contributed by atoms with van der Waals surface area (Å²) in [6, 6.07) is 12.6. The van der Waals surface area contributed by atoms with Gasteiger partial charge in [0.1, 0.15) is 5.82 Å². The molecule has 2 fully saturated rings. The Hall–Kier alpha value is -1.52. The Morgan fingerprint density at radius 1 is 1.00 bits per heavy atom. The number of thiazole rings is 1. The van der Waals surface area contributed by atoms with Gasteiger partial charge in [0.15, 0.2) is 19.1 Å². The van der Waals surface area contributed by atoms with E-state index in [9.17, 15) is 0 Å². The smallest absolute Gasteiger partial charge is 0.192 e. The molecule has 2 saturated heterocycles. The van der Waals surface area contributed by atoms with Gasteiger partial charge in [0.05, 0.1) is 21.9 Å². The molecule has 0 N–H and O–H groups in total. The zero-order valence-electron chi connectivity index (χ0n) is 23.4. The Morgan fingerprint density at radius 3 is 2.45 bits per heavy atom. The number of nitrogens with zero attached hydrogens (tertiary/aromatic N) is 4. The number of benzene rings is 1. The lowest BCUT2D eigenvalue weighted by Crippen LogP contribution is -2.47. The lowest BCUT2D eigenvalue weighted by atomic mass is 10.1. The van der Waals surface area contributed by atoms with E-state index in [2.05, 4.69) is 89.9 Å². The van der Waals surface area contributed by atoms with E-state index >= 15 is 0 Å². The van der Waals surface area contributed by atoms with Crippen molar-refractivity contribution in [2.45, 2.75) is 83.4 Å². The maximum Gasteiger partial charge on any atom is 0.192 e. The van der Waals surface area contributed by atoms with Gasteiger partial charge in [0.2, 0.25) is 0 Å². The molecule has 0 spiro atoms. The summed E-state index contributed by atoms with van der Waals surface area (Å²) in [5, 5.41) is 1.29. The van der Waals surface area contributed by atoms with Crippen LogP contribution in [0.2, 0.25) is 18.1 Å². The molecule has 38 heavy (non-hydrogen) atoms. The molecule has 0 amide bonds. The summed E-state index contributed by atoms with van der Waals surface area (Å²) >= 11 is 5.55. The third-order valence-electron chi connectivity index (χ3n) is 8.29. The first-order valence-electron chi connectivity index (χ1n) is 13.9. The third kappa shape index (κ3) is 6.44. The molecule has 1 aromatic carbocycles. The van der Waals surface area contributed by atoms with Crippen molar-refractivity contribution in [1.82, 2.24) is 9.97 Å². The summed E-state index contributed by atoms with van der Waals surface area (Å²) in [4.78, 5) is 14.8. The van der Waals surface area contributed by atoms with Crippen molar-refractivity contribution >= 4 is 56.9 Å². The van der Waals surface area contributed by atoms with Crippen LogP contribution in [0.5, 0.6) is 0 Å². The lowest BCUT2D eigenvalue weighted by Gasteiger charge is -2.42. The molecule has 6 nitrogen and oxygen atoms in total. The molecule has 5 rings (SSSR count). The average molecular weight is 618 g/mol. The maximum atomic E-state index is 6.70. The summed E-state index contributed by atoms with van der Waals surface area (Å²) in [7, 11) is -1.75. The number of aromatic nitrogens is 2. The summed E-state index contributed by atoms with van der Waals surface area (Å²) in [5.41, 5.74) is 2.07. The van der Waals surface area contributed by atoms with Crippen LogP contribution in [-0.2, 0) is 15.8 Å². The number of fused-ring (bicyclic) bond motifs is 1. The molecule has 3 aromatic rings. The summed E-state index contributed by atoms with van der Waals surface area (Å²) in [5.74, 6) is 1.00. The van der Waals surface area contributed by atoms with Crippen molar-refractivity contribution < 1.29 is 9.16 Å². The highest BCUT2D eigenvalue weighted by atomic mass is 79.9. The second kappa shape index (κ2) is 11.5. The minimum Gasteiger partial charge on any atom is -0.414 e. The summed E-state index contributed by atoms with van der Waals surface area (Å²) in [6.45, 7) is 16.1. The van der Waals surface area contributed by atoms with Gasteiger partial charge < -0.3 is 19.0 Å². The molecule has 0 bridgehead atoms. The number of rotatable bonds is 7. The van der Waals surface area contributed by atoms with Crippen LogP contribution in [-0.4, -0.2) is 56.7 Å². The monoisotopic (exact) mass is 616 g/mol. The summed E-state index contributed by atoms with van der Waals surface area (Å²) < 4.78 is 15.1. The molecular formula is C29H41BrN4O2SSi. The van der Waals surface area contributed by atoms with E-state index in [1.165, 1.54) is 5.56 Å². The van der Waals surface area contributed by atoms with Crippen LogP contribution in [0.1, 0.15) is 52.0 Å². The van der Waals surface area contributed by atoms with Gasteiger partial charge in [-0.1, -0.05) is 62.4 Å². The third-order valence-corrected chi connectivity index (χ3v) is 14.5. The standard InChI is InChI=1S/C29H41BrN4O2SSi/c1-29(2,3)38(4,5)36-22-13-16-33(17-14-22)27-24(30)18-25-26(31-27)32-28(37-25)34-15-9-12-23(19-34)35-20-21-10-7-6-8-11-21/h6-8,10-11,18,22-23H,9,12-17,19-20H2,1-5H3. The van der Waals surface area contributed by atoms with E-state index in [4.69, 9.17) is 19.1 Å². The molecule has 1 unspecified atom stereocenters. The van der Waals surface area contributed by atoms with Gasteiger partial charge >= 0.3 is 0 Å². The predicted octanol–water partition coefficient (Wildman–Crippen LogP) is 7.63. The second-order valence-electron chi connectivity index (χ2n) is 12.2. The Labute approximate surface area is 241 Å². The highest BCUT2D eigenvalue weighted by Gasteiger charge is 2.40. The fourth-order valence-electron chi connectivity index (χ4n) is 4.99. The SMILES string of the molecule is CC(C)(C)[Si](C)(C)OC1CCN(c2nc3nc(N4CCCC(OCc5ccccc5)C4)sc3cc2Br)CC1. The van der Waals surface area contributed by atoms with Crippen molar-refractivity contribution in [3.8, 4) is 0 Å². The van der Waals surface area contributed by atoms with Gasteiger partial charge in [-0.25, -0.2) is 4.98 Å². The maximum absolute atomic E-state index is 6.70. The highest BCUT2D eigenvalue weighted by Crippen LogP contribution is 2.40. The van der Waals surface area contributed by atoms with Crippen LogP contribution in [0.25, 0.3) is 10.3 Å². The van der Waals surface area contributed by atoms with Crippen LogP contribution < -0.4 is 9.80 Å². The Bertz CT molecular complexity index is 1220. The first-order valence-corrected chi connectivity index (χ1v) is 18.4. The minimum atomic E-state index is -1.75. The molecule has 0 saturated carbocycles. The van der Waals surface area contributed by atoms with E-state index in [-0.39, 0.29) is 11.1 Å². The molecule has 206 valence electrons. The Morgan fingerprint density at radius 2 is 1.74 bits per heavy atom. The van der Waals surface area contributed by atoms with Gasteiger partial charge in [-0.05, 0) is 71.4 Å². The van der Waals surface area contributed by atoms with Gasteiger partial charge in [0, 0.05) is 32.3 Å². The molecular weight excluding hydrogens is 576 g/mol. The molecule has 0 aliphatic carbocycles. The molecule has 0 radical (unpaired) electrons. The van der Waals surface area contributed by atoms with E-state index in [0.717, 1.165) is 77.6 Å². The van der Waals surface area contributed by atoms with Crippen molar-refractivity contribution in [2.75, 3.05) is 36.0 Å². The molecule has 4 heterocycles. The zero-order valence-corrected chi connectivity index (χ0v) is 26.8. The largest absolute Gasteiger partial charge is 0.414 e. The zero-order chi connectivity index (χ0) is 26.9. The van der Waals surface area contributed by atoms with Crippen molar-refractivity contribution in [3.05, 3.63) is 46.4 Å². The number of piperidine rings is 2. The molecule has 2 aliphatic rings. The van der Waals surface area contributed by atoms with Crippen molar-refractivity contribution in [1.29, 1.82) is 0 Å². The number of pyridine rings is 1. The Balaban J connectivity index is 1.22. The lowest BCUT2D eigenvalue weighted by molar-refractivity contribution is 0.0316. The van der Waals surface area contributed by atoms with Crippen LogP contribution in [0.4, 0.5) is 10.9 Å². The highest BCUT2D eigenvalue weighted by molar-refractivity contribution is 9.10. The topological polar surface area (TPSA) is 50.7 Å². The summed E-state index contributed by atoms with van der Waals surface area (Å²) in [6.07, 6.45) is 4.86. The number of anilines is 2. The predicted molar refractivity (Wildman–Crippen MR) is 165 cm³/mol.